The molecule has 1 unspecified atom stereocenters. The number of carboxylic acids is 1. The molecule has 110 valence electrons. The average Bonchev–Trinajstić information content (AvgIpc) is 2.41. The highest BCUT2D eigenvalue weighted by molar-refractivity contribution is 5.82. The van der Waals surface area contributed by atoms with Crippen LogP contribution >= 0.6 is 0 Å². The van der Waals surface area contributed by atoms with Crippen LogP contribution in [0.4, 0.5) is 9.18 Å². The largest absolute Gasteiger partial charge is 0.480 e. The third kappa shape index (κ3) is 4.22. The van der Waals surface area contributed by atoms with Crippen molar-refractivity contribution in [1.29, 1.82) is 0 Å². The Morgan fingerprint density at radius 1 is 1.40 bits per heavy atom. The predicted molar refractivity (Wildman–Crippen MR) is 73.0 cm³/mol. The molecule has 1 aromatic carbocycles. The molecule has 6 heteroatoms. The molecule has 1 aromatic rings. The van der Waals surface area contributed by atoms with Crippen LogP contribution in [0.3, 0.4) is 0 Å². The summed E-state index contributed by atoms with van der Waals surface area (Å²) in [5.74, 6) is -1.36. The van der Waals surface area contributed by atoms with Gasteiger partial charge in [0.05, 0.1) is 0 Å². The van der Waals surface area contributed by atoms with Gasteiger partial charge in [0.25, 0.3) is 0 Å². The van der Waals surface area contributed by atoms with Crippen molar-refractivity contribution in [2.45, 2.75) is 25.8 Å². The lowest BCUT2D eigenvalue weighted by Crippen LogP contribution is -2.47. The quantitative estimate of drug-likeness (QED) is 0.837. The van der Waals surface area contributed by atoms with Gasteiger partial charge in [0, 0.05) is 13.6 Å². The van der Waals surface area contributed by atoms with Gasteiger partial charge in [0.2, 0.25) is 0 Å². The Hall–Kier alpha value is -2.11. The van der Waals surface area contributed by atoms with Gasteiger partial charge in [-0.1, -0.05) is 25.1 Å². The van der Waals surface area contributed by atoms with E-state index in [9.17, 15) is 14.0 Å². The number of hydrogen-bond acceptors (Lipinski definition) is 2. The number of nitrogens with one attached hydrogen (secondary N) is 1. The van der Waals surface area contributed by atoms with Crippen LogP contribution in [-0.2, 0) is 11.2 Å². The van der Waals surface area contributed by atoms with E-state index in [0.717, 1.165) is 4.90 Å². The molecule has 0 bridgehead atoms. The van der Waals surface area contributed by atoms with Crippen molar-refractivity contribution >= 4 is 12.0 Å². The maximum atomic E-state index is 13.4. The number of urea groups is 1. The van der Waals surface area contributed by atoms with Crippen molar-refractivity contribution in [3.8, 4) is 0 Å². The highest BCUT2D eigenvalue weighted by Crippen LogP contribution is 2.06. The highest BCUT2D eigenvalue weighted by atomic mass is 19.1. The number of rotatable bonds is 6. The lowest BCUT2D eigenvalue weighted by Gasteiger charge is -2.24. The Labute approximate surface area is 117 Å². The standard InChI is InChI=1S/C14H19FN2O3/c1-3-12(13(18)19)17(2)14(20)16-9-8-10-6-4-5-7-11(10)15/h4-7,12H,3,8-9H2,1-2H3,(H,16,20)(H,18,19). The summed E-state index contributed by atoms with van der Waals surface area (Å²) >= 11 is 0. The van der Waals surface area contributed by atoms with E-state index >= 15 is 0 Å². The molecular formula is C14H19FN2O3. The number of carbonyl (C=O) groups is 2. The Balaban J connectivity index is 2.47. The lowest BCUT2D eigenvalue weighted by molar-refractivity contribution is -0.141. The van der Waals surface area contributed by atoms with E-state index in [1.165, 1.54) is 13.1 Å². The minimum Gasteiger partial charge on any atom is -0.480 e. The van der Waals surface area contributed by atoms with Gasteiger partial charge in [-0.2, -0.15) is 0 Å². The summed E-state index contributed by atoms with van der Waals surface area (Å²) < 4.78 is 13.4. The molecule has 0 spiro atoms. The normalized spacial score (nSPS) is 11.8. The minimum absolute atomic E-state index is 0.250. The van der Waals surface area contributed by atoms with E-state index in [4.69, 9.17) is 5.11 Å². The van der Waals surface area contributed by atoms with Gasteiger partial charge >= 0.3 is 12.0 Å². The zero-order valence-corrected chi connectivity index (χ0v) is 11.6. The average molecular weight is 282 g/mol. The Morgan fingerprint density at radius 2 is 2.05 bits per heavy atom. The second-order valence-corrected chi connectivity index (χ2v) is 4.45. The first-order chi connectivity index (χ1) is 9.47. The smallest absolute Gasteiger partial charge is 0.326 e. The Kier molecular flexibility index (Phi) is 5.96. The van der Waals surface area contributed by atoms with E-state index in [-0.39, 0.29) is 12.4 Å². The van der Waals surface area contributed by atoms with Gasteiger partial charge in [-0.25, -0.2) is 14.0 Å². The molecule has 0 radical (unpaired) electrons. The first-order valence-corrected chi connectivity index (χ1v) is 6.44. The second kappa shape index (κ2) is 7.47. The lowest BCUT2D eigenvalue weighted by atomic mass is 10.1. The molecule has 5 nitrogen and oxygen atoms in total. The number of hydrogen-bond donors (Lipinski definition) is 2. The van der Waals surface area contributed by atoms with Crippen LogP contribution in [0.2, 0.25) is 0 Å². The van der Waals surface area contributed by atoms with E-state index in [0.29, 0.717) is 18.4 Å². The van der Waals surface area contributed by atoms with Gasteiger partial charge in [0.15, 0.2) is 0 Å². The molecule has 0 heterocycles. The molecule has 0 aliphatic heterocycles. The fraction of sp³-hybridized carbons (Fsp3) is 0.429. The molecule has 0 fully saturated rings. The summed E-state index contributed by atoms with van der Waals surface area (Å²) in [7, 11) is 1.43. The molecule has 1 atom stereocenters. The van der Waals surface area contributed by atoms with Crippen LogP contribution in [-0.4, -0.2) is 41.6 Å². The van der Waals surface area contributed by atoms with Crippen molar-refractivity contribution in [2.24, 2.45) is 0 Å². The van der Waals surface area contributed by atoms with Gasteiger partial charge in [-0.3, -0.25) is 0 Å². The predicted octanol–water partition coefficient (Wildman–Crippen LogP) is 1.87. The number of nitrogens with zero attached hydrogens (tertiary/aromatic N) is 1. The molecule has 1 rings (SSSR count). The molecule has 0 aromatic heterocycles. The van der Waals surface area contributed by atoms with Crippen LogP contribution in [0.1, 0.15) is 18.9 Å². The number of carboxylic acid groups (broad SMARTS) is 1. The summed E-state index contributed by atoms with van der Waals surface area (Å²) in [6.07, 6.45) is 0.683. The van der Waals surface area contributed by atoms with Gasteiger partial charge in [-0.05, 0) is 24.5 Å². The van der Waals surface area contributed by atoms with Crippen molar-refractivity contribution in [3.05, 3.63) is 35.6 Å². The number of aliphatic carboxylic acids is 1. The number of amides is 2. The molecule has 2 N–H and O–H groups in total. The minimum atomic E-state index is -1.04. The van der Waals surface area contributed by atoms with Gasteiger partial charge in [0.1, 0.15) is 11.9 Å². The van der Waals surface area contributed by atoms with Crippen molar-refractivity contribution < 1.29 is 19.1 Å². The van der Waals surface area contributed by atoms with Crippen LogP contribution in [0.15, 0.2) is 24.3 Å². The van der Waals surface area contributed by atoms with Gasteiger partial charge in [-0.15, -0.1) is 0 Å². The van der Waals surface area contributed by atoms with E-state index < -0.39 is 18.0 Å². The Bertz CT molecular complexity index is 479. The highest BCUT2D eigenvalue weighted by Gasteiger charge is 2.24. The zero-order chi connectivity index (χ0) is 15.1. The van der Waals surface area contributed by atoms with Crippen LogP contribution < -0.4 is 5.32 Å². The van der Waals surface area contributed by atoms with E-state index in [1.807, 2.05) is 0 Å². The van der Waals surface area contributed by atoms with Crippen molar-refractivity contribution in [1.82, 2.24) is 10.2 Å². The second-order valence-electron chi connectivity index (χ2n) is 4.45. The first kappa shape index (κ1) is 15.9. The maximum absolute atomic E-state index is 13.4. The maximum Gasteiger partial charge on any atom is 0.326 e. The molecular weight excluding hydrogens is 263 g/mol. The molecule has 0 saturated heterocycles. The van der Waals surface area contributed by atoms with Crippen LogP contribution in [0.25, 0.3) is 0 Å². The van der Waals surface area contributed by atoms with Crippen molar-refractivity contribution in [2.75, 3.05) is 13.6 Å². The summed E-state index contributed by atoms with van der Waals surface area (Å²) in [6, 6.07) is 5.00. The van der Waals surface area contributed by atoms with Crippen LogP contribution in [0, 0.1) is 5.82 Å². The summed E-state index contributed by atoms with van der Waals surface area (Å²) in [5, 5.41) is 11.5. The van der Waals surface area contributed by atoms with E-state index in [1.54, 1.807) is 25.1 Å². The molecule has 2 amide bonds. The van der Waals surface area contributed by atoms with E-state index in [2.05, 4.69) is 5.32 Å². The number of halogens is 1. The molecule has 20 heavy (non-hydrogen) atoms. The van der Waals surface area contributed by atoms with Gasteiger partial charge < -0.3 is 15.3 Å². The zero-order valence-electron chi connectivity index (χ0n) is 11.6. The summed E-state index contributed by atoms with van der Waals surface area (Å²) in [5.41, 5.74) is 0.515. The fourth-order valence-electron chi connectivity index (χ4n) is 1.89. The first-order valence-electron chi connectivity index (χ1n) is 6.44. The SMILES string of the molecule is CCC(C(=O)O)N(C)C(=O)NCCc1ccccc1F. The third-order valence-corrected chi connectivity index (χ3v) is 3.09. The number of carbonyl (C=O) groups excluding carboxylic acids is 1. The topological polar surface area (TPSA) is 69.6 Å². The van der Waals surface area contributed by atoms with Crippen molar-refractivity contribution in [3.63, 3.8) is 0 Å². The number of benzene rings is 1. The molecule has 0 saturated carbocycles. The number of likely N-dealkylation sites (N-methyl/N-ethyl adjacent to an activating group) is 1. The fourth-order valence-corrected chi connectivity index (χ4v) is 1.89. The monoisotopic (exact) mass is 282 g/mol. The Morgan fingerprint density at radius 3 is 2.60 bits per heavy atom. The summed E-state index contributed by atoms with van der Waals surface area (Å²) in [6.45, 7) is 1.95. The third-order valence-electron chi connectivity index (χ3n) is 3.09. The molecule has 0 aliphatic carbocycles. The summed E-state index contributed by atoms with van der Waals surface area (Å²) in [4.78, 5) is 23.9. The molecule has 0 aliphatic rings. The van der Waals surface area contributed by atoms with Crippen LogP contribution in [0.5, 0.6) is 0 Å².